The van der Waals surface area contributed by atoms with Crippen LogP contribution in [0.3, 0.4) is 0 Å². The van der Waals surface area contributed by atoms with E-state index in [-0.39, 0.29) is 12.7 Å². The van der Waals surface area contributed by atoms with Gasteiger partial charge in [-0.25, -0.2) is 5.01 Å². The number of thiophene rings is 1. The SMILES string of the molecule is C=CCN(/N=C/c1cccs1)C(=O)c1ccc2c(c1)OCO2. The number of rotatable bonds is 5. The summed E-state index contributed by atoms with van der Waals surface area (Å²) in [4.78, 5) is 13.5. The number of fused-ring (bicyclic) bond motifs is 1. The van der Waals surface area contributed by atoms with E-state index in [1.807, 2.05) is 17.5 Å². The third-order valence-electron chi connectivity index (χ3n) is 3.02. The van der Waals surface area contributed by atoms with Crippen LogP contribution in [-0.4, -0.2) is 30.5 Å². The molecule has 112 valence electrons. The number of hydrogen-bond acceptors (Lipinski definition) is 5. The van der Waals surface area contributed by atoms with Crippen molar-refractivity contribution in [3.63, 3.8) is 0 Å². The lowest BCUT2D eigenvalue weighted by Gasteiger charge is -2.15. The molecule has 2 aromatic rings. The van der Waals surface area contributed by atoms with E-state index < -0.39 is 0 Å². The van der Waals surface area contributed by atoms with Crippen molar-refractivity contribution in [1.29, 1.82) is 0 Å². The summed E-state index contributed by atoms with van der Waals surface area (Å²) >= 11 is 1.56. The molecule has 0 radical (unpaired) electrons. The molecule has 0 N–H and O–H groups in total. The van der Waals surface area contributed by atoms with Gasteiger partial charge in [-0.2, -0.15) is 5.10 Å². The van der Waals surface area contributed by atoms with E-state index in [0.717, 1.165) is 4.88 Å². The van der Waals surface area contributed by atoms with Crippen molar-refractivity contribution in [3.8, 4) is 11.5 Å². The van der Waals surface area contributed by atoms with Crippen LogP contribution >= 0.6 is 11.3 Å². The maximum absolute atomic E-state index is 12.6. The Labute approximate surface area is 132 Å². The van der Waals surface area contributed by atoms with Gasteiger partial charge in [0.1, 0.15) is 0 Å². The smallest absolute Gasteiger partial charge is 0.274 e. The van der Waals surface area contributed by atoms with E-state index in [9.17, 15) is 4.79 Å². The average Bonchev–Trinajstić information content (AvgIpc) is 3.20. The van der Waals surface area contributed by atoms with Crippen LogP contribution in [0.25, 0.3) is 0 Å². The highest BCUT2D eigenvalue weighted by Gasteiger charge is 2.19. The molecule has 0 spiro atoms. The summed E-state index contributed by atoms with van der Waals surface area (Å²) in [5, 5.41) is 7.57. The van der Waals surface area contributed by atoms with Crippen molar-refractivity contribution >= 4 is 23.5 Å². The van der Waals surface area contributed by atoms with Crippen molar-refractivity contribution in [1.82, 2.24) is 5.01 Å². The van der Waals surface area contributed by atoms with E-state index in [1.165, 1.54) is 5.01 Å². The van der Waals surface area contributed by atoms with Crippen LogP contribution in [0.1, 0.15) is 15.2 Å². The molecule has 2 heterocycles. The predicted molar refractivity (Wildman–Crippen MR) is 85.7 cm³/mol. The summed E-state index contributed by atoms with van der Waals surface area (Å²) in [5.41, 5.74) is 0.495. The lowest BCUT2D eigenvalue weighted by molar-refractivity contribution is 0.0779. The third-order valence-corrected chi connectivity index (χ3v) is 3.83. The molecule has 1 amide bonds. The number of carbonyl (C=O) groups is 1. The molecular weight excluding hydrogens is 300 g/mol. The van der Waals surface area contributed by atoms with Crippen molar-refractivity contribution in [2.45, 2.75) is 0 Å². The maximum Gasteiger partial charge on any atom is 0.274 e. The molecule has 0 saturated carbocycles. The first kappa shape index (κ1) is 14.3. The van der Waals surface area contributed by atoms with Gasteiger partial charge < -0.3 is 9.47 Å². The number of ether oxygens (including phenoxy) is 2. The zero-order chi connectivity index (χ0) is 15.4. The summed E-state index contributed by atoms with van der Waals surface area (Å²) < 4.78 is 10.5. The molecule has 0 atom stereocenters. The van der Waals surface area contributed by atoms with Crippen LogP contribution < -0.4 is 9.47 Å². The Bertz CT molecular complexity index is 710. The fraction of sp³-hybridized carbons (Fsp3) is 0.125. The summed E-state index contributed by atoms with van der Waals surface area (Å²) in [5.74, 6) is 1.01. The van der Waals surface area contributed by atoms with Gasteiger partial charge in [-0.15, -0.1) is 17.9 Å². The van der Waals surface area contributed by atoms with Gasteiger partial charge in [-0.1, -0.05) is 12.1 Å². The fourth-order valence-corrected chi connectivity index (χ4v) is 2.55. The second kappa shape index (κ2) is 6.44. The first-order valence-electron chi connectivity index (χ1n) is 6.68. The molecule has 22 heavy (non-hydrogen) atoms. The number of hydrazone groups is 1. The highest BCUT2D eigenvalue weighted by molar-refractivity contribution is 7.11. The number of amides is 1. The predicted octanol–water partition coefficient (Wildman–Crippen LogP) is 3.14. The molecule has 0 saturated heterocycles. The standard InChI is InChI=1S/C16H14N2O3S/c1-2-7-18(17-10-13-4-3-8-22-13)16(19)12-5-6-14-15(9-12)21-11-20-14/h2-6,8-10H,1,7,11H2/b17-10+. The van der Waals surface area contributed by atoms with Crippen molar-refractivity contribution in [2.75, 3.05) is 13.3 Å². The van der Waals surface area contributed by atoms with Gasteiger partial charge in [0.25, 0.3) is 5.91 Å². The van der Waals surface area contributed by atoms with Gasteiger partial charge in [-0.05, 0) is 29.6 Å². The molecule has 0 fully saturated rings. The van der Waals surface area contributed by atoms with Crippen LogP contribution in [0, 0.1) is 0 Å². The second-order valence-corrected chi connectivity index (χ2v) is 5.48. The lowest BCUT2D eigenvalue weighted by Crippen LogP contribution is -2.26. The first-order chi connectivity index (χ1) is 10.8. The molecule has 1 aromatic carbocycles. The minimum atomic E-state index is -0.217. The van der Waals surface area contributed by atoms with E-state index >= 15 is 0 Å². The van der Waals surface area contributed by atoms with Crippen LogP contribution in [0.4, 0.5) is 0 Å². The Balaban J connectivity index is 1.81. The zero-order valence-electron chi connectivity index (χ0n) is 11.8. The van der Waals surface area contributed by atoms with Crippen LogP contribution in [0.2, 0.25) is 0 Å². The van der Waals surface area contributed by atoms with Gasteiger partial charge in [0, 0.05) is 10.4 Å². The van der Waals surface area contributed by atoms with Gasteiger partial charge in [-0.3, -0.25) is 4.79 Å². The number of carbonyl (C=O) groups excluding carboxylic acids is 1. The van der Waals surface area contributed by atoms with E-state index in [2.05, 4.69) is 11.7 Å². The molecule has 3 rings (SSSR count). The number of benzene rings is 1. The van der Waals surface area contributed by atoms with Gasteiger partial charge in [0.05, 0.1) is 12.8 Å². The molecule has 0 bridgehead atoms. The highest BCUT2D eigenvalue weighted by atomic mass is 32.1. The molecular formula is C16H14N2O3S. The number of hydrogen-bond donors (Lipinski definition) is 0. The maximum atomic E-state index is 12.6. The molecule has 0 unspecified atom stereocenters. The summed E-state index contributed by atoms with van der Waals surface area (Å²) in [6.45, 7) is 4.18. The Morgan fingerprint density at radius 1 is 1.36 bits per heavy atom. The number of nitrogens with zero attached hydrogens (tertiary/aromatic N) is 2. The Kier molecular flexibility index (Phi) is 4.20. The molecule has 1 aromatic heterocycles. The Morgan fingerprint density at radius 2 is 2.23 bits per heavy atom. The summed E-state index contributed by atoms with van der Waals surface area (Å²) in [6.07, 6.45) is 3.30. The average molecular weight is 314 g/mol. The normalized spacial score (nSPS) is 12.5. The van der Waals surface area contributed by atoms with E-state index in [4.69, 9.17) is 9.47 Å². The highest BCUT2D eigenvalue weighted by Crippen LogP contribution is 2.32. The van der Waals surface area contributed by atoms with Crippen molar-refractivity contribution < 1.29 is 14.3 Å². The van der Waals surface area contributed by atoms with Crippen molar-refractivity contribution in [2.24, 2.45) is 5.10 Å². The van der Waals surface area contributed by atoms with E-state index in [1.54, 1.807) is 41.8 Å². The zero-order valence-corrected chi connectivity index (χ0v) is 12.6. The van der Waals surface area contributed by atoms with Crippen LogP contribution in [0.5, 0.6) is 11.5 Å². The second-order valence-electron chi connectivity index (χ2n) is 4.50. The quantitative estimate of drug-likeness (QED) is 0.484. The van der Waals surface area contributed by atoms with Gasteiger partial charge in [0.2, 0.25) is 6.79 Å². The first-order valence-corrected chi connectivity index (χ1v) is 7.56. The molecule has 1 aliphatic heterocycles. The largest absolute Gasteiger partial charge is 0.454 e. The molecule has 1 aliphatic rings. The Hall–Kier alpha value is -2.60. The molecule has 5 nitrogen and oxygen atoms in total. The van der Waals surface area contributed by atoms with Gasteiger partial charge in [0.15, 0.2) is 11.5 Å². The molecule has 0 aliphatic carbocycles. The van der Waals surface area contributed by atoms with Crippen molar-refractivity contribution in [3.05, 3.63) is 58.8 Å². The lowest BCUT2D eigenvalue weighted by atomic mass is 10.2. The summed E-state index contributed by atoms with van der Waals surface area (Å²) in [7, 11) is 0. The fourth-order valence-electron chi connectivity index (χ4n) is 1.97. The van der Waals surface area contributed by atoms with Crippen LogP contribution in [-0.2, 0) is 0 Å². The van der Waals surface area contributed by atoms with E-state index in [0.29, 0.717) is 23.6 Å². The molecule has 6 heteroatoms. The monoisotopic (exact) mass is 314 g/mol. The minimum Gasteiger partial charge on any atom is -0.454 e. The minimum absolute atomic E-state index is 0.180. The van der Waals surface area contributed by atoms with Crippen LogP contribution in [0.15, 0.2) is 53.5 Å². The topological polar surface area (TPSA) is 51.1 Å². The van der Waals surface area contributed by atoms with Gasteiger partial charge >= 0.3 is 0 Å². The Morgan fingerprint density at radius 3 is 3.00 bits per heavy atom. The summed E-state index contributed by atoms with van der Waals surface area (Å²) in [6, 6.07) is 8.97. The third kappa shape index (κ3) is 3.01.